The lowest BCUT2D eigenvalue weighted by Gasteiger charge is -2.05. The third-order valence-electron chi connectivity index (χ3n) is 2.56. The zero-order valence-corrected chi connectivity index (χ0v) is 7.08. The fraction of sp³-hybridized carbons (Fsp3) is 0.400. The molecule has 0 aromatic heterocycles. The second-order valence-corrected chi connectivity index (χ2v) is 3.31. The predicted octanol–water partition coefficient (Wildman–Crippen LogP) is 2.75. The van der Waals surface area contributed by atoms with Crippen LogP contribution in [0.15, 0.2) is 23.4 Å². The fourth-order valence-corrected chi connectivity index (χ4v) is 1.98. The van der Waals surface area contributed by atoms with Gasteiger partial charge in [0.2, 0.25) is 0 Å². The lowest BCUT2D eigenvalue weighted by molar-refractivity contribution is 0.707. The van der Waals surface area contributed by atoms with E-state index in [1.54, 1.807) is 0 Å². The molecule has 0 fully saturated rings. The van der Waals surface area contributed by atoms with Crippen molar-refractivity contribution in [2.75, 3.05) is 0 Å². The number of fused-ring (bicyclic) bond motifs is 1. The summed E-state index contributed by atoms with van der Waals surface area (Å²) in [4.78, 5) is 10.5. The van der Waals surface area contributed by atoms with Crippen LogP contribution in [-0.4, -0.2) is 0 Å². The van der Waals surface area contributed by atoms with E-state index in [1.165, 1.54) is 16.7 Å². The first kappa shape index (κ1) is 7.47. The summed E-state index contributed by atoms with van der Waals surface area (Å²) >= 11 is 0. The lowest BCUT2D eigenvalue weighted by atomic mass is 10.0. The molecule has 1 aliphatic carbocycles. The minimum atomic E-state index is -0.0822. The van der Waals surface area contributed by atoms with Crippen LogP contribution in [0.2, 0.25) is 0 Å². The van der Waals surface area contributed by atoms with Crippen molar-refractivity contribution in [3.8, 4) is 0 Å². The van der Waals surface area contributed by atoms with Gasteiger partial charge in [0, 0.05) is 0 Å². The van der Waals surface area contributed by atoms with Gasteiger partial charge < -0.3 is 0 Å². The third-order valence-corrected chi connectivity index (χ3v) is 2.56. The molecule has 0 bridgehead atoms. The molecule has 2 nitrogen and oxygen atoms in total. The van der Waals surface area contributed by atoms with E-state index in [1.807, 2.05) is 19.1 Å². The Morgan fingerprint density at radius 1 is 1.50 bits per heavy atom. The number of nitrogens with zero attached hydrogens (tertiary/aromatic N) is 1. The molecule has 0 N–H and O–H groups in total. The van der Waals surface area contributed by atoms with Gasteiger partial charge in [-0.25, -0.2) is 0 Å². The summed E-state index contributed by atoms with van der Waals surface area (Å²) in [7, 11) is 0. The van der Waals surface area contributed by atoms with E-state index in [9.17, 15) is 4.91 Å². The van der Waals surface area contributed by atoms with Gasteiger partial charge in [0.05, 0.1) is 0 Å². The van der Waals surface area contributed by atoms with Crippen molar-refractivity contribution in [1.82, 2.24) is 0 Å². The van der Waals surface area contributed by atoms with Gasteiger partial charge in [-0.1, -0.05) is 23.4 Å². The van der Waals surface area contributed by atoms with Gasteiger partial charge in [0.1, 0.15) is 6.04 Å². The van der Waals surface area contributed by atoms with E-state index in [0.29, 0.717) is 0 Å². The Hall–Kier alpha value is -1.18. The largest absolute Gasteiger partial charge is 0.150 e. The highest BCUT2D eigenvalue weighted by Crippen LogP contribution is 2.35. The zero-order valence-electron chi connectivity index (χ0n) is 7.08. The Kier molecular flexibility index (Phi) is 1.68. The standard InChI is InChI=1S/C10H11NO/c1-7-3-2-4-8-5-6-9(11-12)10(7)8/h2-4,9H,5-6H2,1H3. The summed E-state index contributed by atoms with van der Waals surface area (Å²) in [5.74, 6) is 0. The summed E-state index contributed by atoms with van der Waals surface area (Å²) in [5.41, 5.74) is 3.68. The normalized spacial score (nSPS) is 20.6. The smallest absolute Gasteiger partial charge is 0.118 e. The van der Waals surface area contributed by atoms with Crippen molar-refractivity contribution in [3.63, 3.8) is 0 Å². The molecule has 1 atom stereocenters. The molecule has 0 saturated carbocycles. The minimum Gasteiger partial charge on any atom is -0.150 e. The summed E-state index contributed by atoms with van der Waals surface area (Å²) < 4.78 is 0. The van der Waals surface area contributed by atoms with Crippen LogP contribution in [0.1, 0.15) is 29.2 Å². The first-order chi connectivity index (χ1) is 5.83. The van der Waals surface area contributed by atoms with Crippen LogP contribution in [-0.2, 0) is 6.42 Å². The maximum Gasteiger partial charge on any atom is 0.118 e. The topological polar surface area (TPSA) is 29.4 Å². The van der Waals surface area contributed by atoms with Gasteiger partial charge in [0.15, 0.2) is 0 Å². The molecule has 2 rings (SSSR count). The van der Waals surface area contributed by atoms with Gasteiger partial charge in [-0.2, -0.15) is 4.91 Å². The van der Waals surface area contributed by atoms with Crippen molar-refractivity contribution in [2.24, 2.45) is 5.18 Å². The summed E-state index contributed by atoms with van der Waals surface area (Å²) in [6.07, 6.45) is 1.90. The third kappa shape index (κ3) is 0.951. The molecular formula is C10H11NO. The molecule has 0 saturated heterocycles. The molecule has 0 amide bonds. The van der Waals surface area contributed by atoms with Crippen LogP contribution in [0.4, 0.5) is 0 Å². The molecule has 1 aromatic rings. The van der Waals surface area contributed by atoms with Crippen molar-refractivity contribution >= 4 is 0 Å². The molecule has 0 radical (unpaired) electrons. The lowest BCUT2D eigenvalue weighted by Crippen LogP contribution is -1.91. The van der Waals surface area contributed by atoms with E-state index >= 15 is 0 Å². The Bertz CT molecular complexity index is 320. The van der Waals surface area contributed by atoms with Crippen LogP contribution in [0, 0.1) is 11.8 Å². The molecule has 0 aliphatic heterocycles. The quantitative estimate of drug-likeness (QED) is 0.582. The van der Waals surface area contributed by atoms with E-state index in [-0.39, 0.29) is 6.04 Å². The summed E-state index contributed by atoms with van der Waals surface area (Å²) in [5, 5.41) is 3.14. The van der Waals surface area contributed by atoms with E-state index in [0.717, 1.165) is 12.8 Å². The van der Waals surface area contributed by atoms with Crippen LogP contribution in [0.5, 0.6) is 0 Å². The van der Waals surface area contributed by atoms with Crippen molar-refractivity contribution < 1.29 is 0 Å². The average Bonchev–Trinajstić information content (AvgIpc) is 2.49. The molecule has 2 heteroatoms. The fourth-order valence-electron chi connectivity index (χ4n) is 1.98. The molecule has 1 aliphatic rings. The van der Waals surface area contributed by atoms with E-state index in [4.69, 9.17) is 0 Å². The number of nitroso groups, excluding NO2 is 1. The second kappa shape index (κ2) is 2.70. The average molecular weight is 161 g/mol. The monoisotopic (exact) mass is 161 g/mol. The highest BCUT2D eigenvalue weighted by molar-refractivity contribution is 5.40. The van der Waals surface area contributed by atoms with Crippen molar-refractivity contribution in [2.45, 2.75) is 25.8 Å². The number of rotatable bonds is 1. The molecule has 1 aromatic carbocycles. The highest BCUT2D eigenvalue weighted by atomic mass is 16.3. The van der Waals surface area contributed by atoms with E-state index < -0.39 is 0 Å². The number of benzene rings is 1. The first-order valence-corrected chi connectivity index (χ1v) is 4.24. The molecule has 62 valence electrons. The Labute approximate surface area is 71.6 Å². The minimum absolute atomic E-state index is 0.0822. The van der Waals surface area contributed by atoms with Gasteiger partial charge in [-0.3, -0.25) is 0 Å². The van der Waals surface area contributed by atoms with Gasteiger partial charge in [0.25, 0.3) is 0 Å². The van der Waals surface area contributed by atoms with E-state index in [2.05, 4.69) is 11.2 Å². The van der Waals surface area contributed by atoms with Crippen LogP contribution in [0.25, 0.3) is 0 Å². The Morgan fingerprint density at radius 3 is 3.08 bits per heavy atom. The maximum absolute atomic E-state index is 10.5. The molecule has 12 heavy (non-hydrogen) atoms. The van der Waals surface area contributed by atoms with Gasteiger partial charge >= 0.3 is 0 Å². The maximum atomic E-state index is 10.5. The van der Waals surface area contributed by atoms with Crippen LogP contribution in [0.3, 0.4) is 0 Å². The first-order valence-electron chi connectivity index (χ1n) is 4.24. The zero-order chi connectivity index (χ0) is 8.55. The van der Waals surface area contributed by atoms with Crippen molar-refractivity contribution in [1.29, 1.82) is 0 Å². The SMILES string of the molecule is Cc1cccc2c1C(N=O)CC2. The van der Waals surface area contributed by atoms with Crippen LogP contribution >= 0.6 is 0 Å². The number of aryl methyl sites for hydroxylation is 2. The molecule has 0 spiro atoms. The second-order valence-electron chi connectivity index (χ2n) is 3.31. The molecule has 0 heterocycles. The van der Waals surface area contributed by atoms with Crippen molar-refractivity contribution in [3.05, 3.63) is 39.8 Å². The number of hydrogen-bond acceptors (Lipinski definition) is 2. The summed E-state index contributed by atoms with van der Waals surface area (Å²) in [6, 6.07) is 6.10. The van der Waals surface area contributed by atoms with Crippen LogP contribution < -0.4 is 0 Å². The van der Waals surface area contributed by atoms with Gasteiger partial charge in [-0.15, -0.1) is 0 Å². The molecule has 1 unspecified atom stereocenters. The summed E-state index contributed by atoms with van der Waals surface area (Å²) in [6.45, 7) is 2.04. The Balaban J connectivity index is 2.55. The Morgan fingerprint density at radius 2 is 2.33 bits per heavy atom. The predicted molar refractivity (Wildman–Crippen MR) is 48.0 cm³/mol. The number of hydrogen-bond donors (Lipinski definition) is 0. The molecular weight excluding hydrogens is 150 g/mol. The van der Waals surface area contributed by atoms with Gasteiger partial charge in [-0.05, 0) is 36.5 Å². The highest BCUT2D eigenvalue weighted by Gasteiger charge is 2.24.